The Kier molecular flexibility index (Phi) is 3.85. The first-order valence-corrected chi connectivity index (χ1v) is 7.70. The van der Waals surface area contributed by atoms with Crippen molar-refractivity contribution in [3.05, 3.63) is 24.0 Å². The number of imidazole rings is 1. The molecule has 1 N–H and O–H groups in total. The van der Waals surface area contributed by atoms with Crippen molar-refractivity contribution in [1.82, 2.24) is 14.5 Å². The summed E-state index contributed by atoms with van der Waals surface area (Å²) in [5.41, 5.74) is -1.62. The average Bonchev–Trinajstić information content (AvgIpc) is 2.76. The van der Waals surface area contributed by atoms with Gasteiger partial charge in [0.25, 0.3) is 0 Å². The fourth-order valence-electron chi connectivity index (χ4n) is 2.76. The summed E-state index contributed by atoms with van der Waals surface area (Å²) in [5.74, 6) is -0.492. The van der Waals surface area contributed by atoms with Crippen LogP contribution < -0.4 is 0 Å². The number of benzene rings is 1. The number of ether oxygens (including phenoxy) is 1. The van der Waals surface area contributed by atoms with Gasteiger partial charge in [-0.15, -0.1) is 0 Å². The molecule has 1 aliphatic heterocycles. The fraction of sp³-hybridized carbons (Fsp3) is 0.500. The summed E-state index contributed by atoms with van der Waals surface area (Å²) < 4.78 is 46.5. The molecule has 6 nitrogen and oxygen atoms in total. The topological polar surface area (TPSA) is 67.6 Å². The van der Waals surface area contributed by atoms with Crippen molar-refractivity contribution < 1.29 is 27.8 Å². The summed E-state index contributed by atoms with van der Waals surface area (Å²) in [6, 6.07) is 1.54. The van der Waals surface area contributed by atoms with Crippen LogP contribution in [0.15, 0.2) is 18.5 Å². The summed E-state index contributed by atoms with van der Waals surface area (Å²) in [5, 5.41) is 9.50. The number of carbonyl (C=O) groups is 1. The molecule has 9 heteroatoms. The van der Waals surface area contributed by atoms with E-state index in [1.165, 1.54) is 21.9 Å². The van der Waals surface area contributed by atoms with Crippen LogP contribution in [0.3, 0.4) is 0 Å². The Hall–Kier alpha value is -2.45. The van der Waals surface area contributed by atoms with Gasteiger partial charge in [0.15, 0.2) is 0 Å². The van der Waals surface area contributed by atoms with E-state index in [2.05, 4.69) is 4.98 Å². The first-order chi connectivity index (χ1) is 11.5. The normalized spacial score (nSPS) is 16.2. The number of hydrogen-bond acceptors (Lipinski definition) is 4. The molecule has 1 amide bonds. The summed E-state index contributed by atoms with van der Waals surface area (Å²) in [6.45, 7) is 5.70. The summed E-state index contributed by atoms with van der Waals surface area (Å²) in [6.07, 6.45) is -3.82. The van der Waals surface area contributed by atoms with Crippen molar-refractivity contribution in [3.63, 3.8) is 0 Å². The number of phenolic OH excluding ortho intramolecular Hbond substituents is 1. The molecule has 2 aromatic rings. The molecule has 0 aliphatic carbocycles. The van der Waals surface area contributed by atoms with E-state index in [0.29, 0.717) is 6.07 Å². The van der Waals surface area contributed by atoms with Crippen molar-refractivity contribution in [2.75, 3.05) is 13.1 Å². The van der Waals surface area contributed by atoms with Gasteiger partial charge in [-0.05, 0) is 26.8 Å². The zero-order valence-corrected chi connectivity index (χ0v) is 14.0. The van der Waals surface area contributed by atoms with E-state index in [-0.39, 0.29) is 30.2 Å². The molecule has 3 rings (SSSR count). The molecule has 25 heavy (non-hydrogen) atoms. The maximum Gasteiger partial charge on any atom is 0.418 e. The van der Waals surface area contributed by atoms with Crippen molar-refractivity contribution in [2.45, 2.75) is 38.6 Å². The maximum atomic E-state index is 13.3. The lowest BCUT2D eigenvalue weighted by atomic mass is 10.1. The second-order valence-corrected chi connectivity index (χ2v) is 7.05. The third kappa shape index (κ3) is 3.35. The van der Waals surface area contributed by atoms with E-state index in [1.54, 1.807) is 20.8 Å². The second-order valence-electron chi connectivity index (χ2n) is 7.05. The molecule has 0 unspecified atom stereocenters. The zero-order valence-electron chi connectivity index (χ0n) is 14.0. The molecule has 0 bridgehead atoms. The average molecular weight is 357 g/mol. The van der Waals surface area contributed by atoms with Gasteiger partial charge in [0.2, 0.25) is 0 Å². The molecule has 1 aromatic carbocycles. The van der Waals surface area contributed by atoms with Crippen molar-refractivity contribution in [2.24, 2.45) is 0 Å². The third-order valence-electron chi connectivity index (χ3n) is 3.87. The van der Waals surface area contributed by atoms with Gasteiger partial charge in [-0.1, -0.05) is 0 Å². The Balaban J connectivity index is 1.86. The maximum absolute atomic E-state index is 13.3. The molecule has 0 saturated carbocycles. The Bertz CT molecular complexity index is 818. The van der Waals surface area contributed by atoms with E-state index in [0.717, 1.165) is 0 Å². The van der Waals surface area contributed by atoms with Gasteiger partial charge in [-0.25, -0.2) is 9.78 Å². The van der Waals surface area contributed by atoms with Crippen LogP contribution in [0.4, 0.5) is 18.0 Å². The lowest BCUT2D eigenvalue weighted by molar-refractivity contribution is -0.136. The SMILES string of the molecule is CC(C)(C)OC(=O)N1CC(n2cnc3cc(O)cc(C(F)(F)F)c32)C1. The minimum absolute atomic E-state index is 0.0584. The predicted octanol–water partition coefficient (Wildman–Crippen LogP) is 3.55. The number of fused-ring (bicyclic) bond motifs is 1. The smallest absolute Gasteiger partial charge is 0.418 e. The van der Waals surface area contributed by atoms with Gasteiger partial charge in [0.1, 0.15) is 11.4 Å². The van der Waals surface area contributed by atoms with Crippen LogP contribution in [-0.2, 0) is 10.9 Å². The van der Waals surface area contributed by atoms with Gasteiger partial charge in [-0.2, -0.15) is 13.2 Å². The number of phenols is 1. The van der Waals surface area contributed by atoms with Gasteiger partial charge in [0, 0.05) is 19.2 Å². The van der Waals surface area contributed by atoms with Crippen LogP contribution in [0.2, 0.25) is 0 Å². The number of carbonyl (C=O) groups excluding carboxylic acids is 1. The fourth-order valence-corrected chi connectivity index (χ4v) is 2.76. The molecule has 1 aromatic heterocycles. The number of aromatic hydroxyl groups is 1. The van der Waals surface area contributed by atoms with E-state index < -0.39 is 29.2 Å². The number of hydrogen-bond donors (Lipinski definition) is 1. The monoisotopic (exact) mass is 357 g/mol. The Labute approximate surface area is 141 Å². The van der Waals surface area contributed by atoms with E-state index in [4.69, 9.17) is 4.74 Å². The summed E-state index contributed by atoms with van der Waals surface area (Å²) in [4.78, 5) is 17.3. The molecule has 136 valence electrons. The summed E-state index contributed by atoms with van der Waals surface area (Å²) in [7, 11) is 0. The van der Waals surface area contributed by atoms with Crippen LogP contribution in [0, 0.1) is 0 Å². The molecular formula is C16H18F3N3O3. The highest BCUT2D eigenvalue weighted by atomic mass is 19.4. The molecule has 1 saturated heterocycles. The second kappa shape index (κ2) is 5.53. The van der Waals surface area contributed by atoms with Gasteiger partial charge < -0.3 is 19.3 Å². The Morgan fingerprint density at radius 3 is 2.48 bits per heavy atom. The number of aromatic nitrogens is 2. The molecule has 0 atom stereocenters. The van der Waals surface area contributed by atoms with Gasteiger partial charge in [0.05, 0.1) is 29.0 Å². The van der Waals surface area contributed by atoms with Gasteiger partial charge in [-0.3, -0.25) is 0 Å². The predicted molar refractivity (Wildman–Crippen MR) is 83.2 cm³/mol. The van der Waals surface area contributed by atoms with Crippen LogP contribution in [0.5, 0.6) is 5.75 Å². The van der Waals surface area contributed by atoms with Crippen LogP contribution in [-0.4, -0.2) is 44.3 Å². The number of halogens is 3. The highest BCUT2D eigenvalue weighted by molar-refractivity contribution is 5.82. The highest BCUT2D eigenvalue weighted by Gasteiger charge is 2.39. The highest BCUT2D eigenvalue weighted by Crippen LogP contribution is 2.39. The molecule has 0 spiro atoms. The minimum atomic E-state index is -4.62. The quantitative estimate of drug-likeness (QED) is 0.848. The van der Waals surface area contributed by atoms with Crippen molar-refractivity contribution >= 4 is 17.1 Å². The lowest BCUT2D eigenvalue weighted by Gasteiger charge is -2.40. The molecule has 0 radical (unpaired) electrons. The van der Waals surface area contributed by atoms with Crippen LogP contribution >= 0.6 is 0 Å². The Morgan fingerprint density at radius 1 is 1.28 bits per heavy atom. The lowest BCUT2D eigenvalue weighted by Crippen LogP contribution is -2.52. The third-order valence-corrected chi connectivity index (χ3v) is 3.87. The standard InChI is InChI=1S/C16H18F3N3O3/c1-15(2,3)25-14(24)21-6-9(7-21)22-8-20-12-5-10(23)4-11(13(12)22)16(17,18)19/h4-5,8-9,23H,6-7H2,1-3H3. The van der Waals surface area contributed by atoms with Crippen LogP contribution in [0.25, 0.3) is 11.0 Å². The minimum Gasteiger partial charge on any atom is -0.508 e. The zero-order chi connectivity index (χ0) is 18.6. The van der Waals surface area contributed by atoms with E-state index in [9.17, 15) is 23.1 Å². The number of nitrogens with zero attached hydrogens (tertiary/aromatic N) is 3. The van der Waals surface area contributed by atoms with Crippen LogP contribution in [0.1, 0.15) is 32.4 Å². The first kappa shape index (κ1) is 17.4. The van der Waals surface area contributed by atoms with Crippen molar-refractivity contribution in [1.29, 1.82) is 0 Å². The largest absolute Gasteiger partial charge is 0.508 e. The molecule has 1 fully saturated rings. The number of alkyl halides is 3. The molecule has 2 heterocycles. The number of rotatable bonds is 1. The van der Waals surface area contributed by atoms with Gasteiger partial charge >= 0.3 is 12.3 Å². The van der Waals surface area contributed by atoms with E-state index in [1.807, 2.05) is 0 Å². The number of amides is 1. The van der Waals surface area contributed by atoms with E-state index >= 15 is 0 Å². The van der Waals surface area contributed by atoms with Crippen molar-refractivity contribution in [3.8, 4) is 5.75 Å². The summed E-state index contributed by atoms with van der Waals surface area (Å²) >= 11 is 0. The Morgan fingerprint density at radius 2 is 1.92 bits per heavy atom. The number of likely N-dealkylation sites (tertiary alicyclic amines) is 1. The first-order valence-electron chi connectivity index (χ1n) is 7.70. The molecule has 1 aliphatic rings. The molecular weight excluding hydrogens is 339 g/mol.